The van der Waals surface area contributed by atoms with E-state index in [4.69, 9.17) is 10.8 Å². The van der Waals surface area contributed by atoms with Crippen molar-refractivity contribution in [2.24, 2.45) is 5.73 Å². The fourth-order valence-electron chi connectivity index (χ4n) is 2.11. The van der Waals surface area contributed by atoms with Crippen LogP contribution in [0.3, 0.4) is 0 Å². The monoisotopic (exact) mass is 262 g/mol. The summed E-state index contributed by atoms with van der Waals surface area (Å²) in [6, 6.07) is 5.55. The van der Waals surface area contributed by atoms with Crippen molar-refractivity contribution in [1.29, 1.82) is 0 Å². The third kappa shape index (κ3) is 4.03. The second-order valence-electron chi connectivity index (χ2n) is 4.75. The number of nitrogens with zero attached hydrogens (tertiary/aromatic N) is 1. The third-order valence-electron chi connectivity index (χ3n) is 3.19. The van der Waals surface area contributed by atoms with Crippen molar-refractivity contribution >= 4 is 0 Å². The predicted octanol–water partition coefficient (Wildman–Crippen LogP) is 1.09. The Labute approximate surface area is 113 Å². The van der Waals surface area contributed by atoms with Gasteiger partial charge in [0.25, 0.3) is 0 Å². The molecule has 0 aromatic heterocycles. The van der Waals surface area contributed by atoms with Gasteiger partial charge in [0.2, 0.25) is 0 Å². The molecule has 0 spiro atoms. The molecule has 0 heterocycles. The van der Waals surface area contributed by atoms with Gasteiger partial charge in [-0.15, -0.1) is 0 Å². The van der Waals surface area contributed by atoms with Crippen molar-refractivity contribution in [2.75, 3.05) is 19.7 Å². The van der Waals surface area contributed by atoms with Crippen LogP contribution in [0.2, 0.25) is 0 Å². The predicted molar refractivity (Wildman–Crippen MR) is 72.9 cm³/mol. The topological polar surface area (TPSA) is 49.5 Å². The van der Waals surface area contributed by atoms with Gasteiger partial charge in [-0.1, -0.05) is 17.9 Å². The number of halogens is 1. The minimum atomic E-state index is -0.315. The SMILES string of the molecule is NCC#Cc1cc(CN(CCO)C2CC2)ccc1F. The van der Waals surface area contributed by atoms with Crippen LogP contribution < -0.4 is 5.73 Å². The Kier molecular flexibility index (Phi) is 4.92. The zero-order valence-electron chi connectivity index (χ0n) is 10.9. The fraction of sp³-hybridized carbons (Fsp3) is 0.467. The summed E-state index contributed by atoms with van der Waals surface area (Å²) in [7, 11) is 0. The molecule has 0 aliphatic heterocycles. The Morgan fingerprint density at radius 2 is 2.21 bits per heavy atom. The van der Waals surface area contributed by atoms with Crippen LogP contribution in [0.1, 0.15) is 24.0 Å². The smallest absolute Gasteiger partial charge is 0.138 e. The van der Waals surface area contributed by atoms with E-state index in [9.17, 15) is 4.39 Å². The van der Waals surface area contributed by atoms with E-state index in [1.54, 1.807) is 12.1 Å². The van der Waals surface area contributed by atoms with E-state index in [2.05, 4.69) is 16.7 Å². The molecule has 19 heavy (non-hydrogen) atoms. The number of nitrogens with two attached hydrogens (primary N) is 1. The second kappa shape index (κ2) is 6.67. The molecule has 1 aromatic carbocycles. The maximum atomic E-state index is 13.6. The number of aliphatic hydroxyl groups is 1. The summed E-state index contributed by atoms with van der Waals surface area (Å²) in [5, 5.41) is 9.07. The summed E-state index contributed by atoms with van der Waals surface area (Å²) >= 11 is 0. The van der Waals surface area contributed by atoms with Gasteiger partial charge < -0.3 is 10.8 Å². The Balaban J connectivity index is 2.10. The molecule has 1 saturated carbocycles. The number of hydrogen-bond donors (Lipinski definition) is 2. The van der Waals surface area contributed by atoms with E-state index in [0.29, 0.717) is 18.2 Å². The van der Waals surface area contributed by atoms with Crippen molar-refractivity contribution in [3.8, 4) is 11.8 Å². The van der Waals surface area contributed by atoms with Crippen LogP contribution in [0.5, 0.6) is 0 Å². The van der Waals surface area contributed by atoms with Crippen LogP contribution in [0.25, 0.3) is 0 Å². The summed E-state index contributed by atoms with van der Waals surface area (Å²) in [6.07, 6.45) is 2.36. The lowest BCUT2D eigenvalue weighted by Crippen LogP contribution is -2.28. The van der Waals surface area contributed by atoms with Crippen LogP contribution >= 0.6 is 0 Å². The number of rotatable bonds is 5. The molecule has 0 atom stereocenters. The third-order valence-corrected chi connectivity index (χ3v) is 3.19. The first-order chi connectivity index (χ1) is 9.24. The van der Waals surface area contributed by atoms with Crippen LogP contribution in [-0.2, 0) is 6.54 Å². The fourth-order valence-corrected chi connectivity index (χ4v) is 2.11. The highest BCUT2D eigenvalue weighted by Crippen LogP contribution is 2.28. The largest absolute Gasteiger partial charge is 0.395 e. The molecule has 0 bridgehead atoms. The summed E-state index contributed by atoms with van der Waals surface area (Å²) in [4.78, 5) is 2.23. The lowest BCUT2D eigenvalue weighted by atomic mass is 10.1. The van der Waals surface area contributed by atoms with Crippen molar-refractivity contribution in [2.45, 2.75) is 25.4 Å². The van der Waals surface area contributed by atoms with E-state index in [1.807, 2.05) is 0 Å². The second-order valence-corrected chi connectivity index (χ2v) is 4.75. The van der Waals surface area contributed by atoms with Gasteiger partial charge in [-0.25, -0.2) is 4.39 Å². The molecule has 1 aliphatic rings. The van der Waals surface area contributed by atoms with Gasteiger partial charge in [0, 0.05) is 19.1 Å². The lowest BCUT2D eigenvalue weighted by Gasteiger charge is -2.20. The van der Waals surface area contributed by atoms with Crippen molar-refractivity contribution in [1.82, 2.24) is 4.90 Å². The highest BCUT2D eigenvalue weighted by atomic mass is 19.1. The minimum Gasteiger partial charge on any atom is -0.395 e. The Morgan fingerprint density at radius 1 is 1.42 bits per heavy atom. The van der Waals surface area contributed by atoms with Gasteiger partial charge in [0.05, 0.1) is 18.7 Å². The molecular weight excluding hydrogens is 243 g/mol. The van der Waals surface area contributed by atoms with Crippen molar-refractivity contribution in [3.63, 3.8) is 0 Å². The van der Waals surface area contributed by atoms with Gasteiger partial charge in [-0.3, -0.25) is 4.90 Å². The molecule has 3 N–H and O–H groups in total. The quantitative estimate of drug-likeness (QED) is 0.781. The molecule has 0 unspecified atom stereocenters. The van der Waals surface area contributed by atoms with Gasteiger partial charge in [-0.05, 0) is 30.5 Å². The van der Waals surface area contributed by atoms with E-state index >= 15 is 0 Å². The van der Waals surface area contributed by atoms with E-state index < -0.39 is 0 Å². The zero-order chi connectivity index (χ0) is 13.7. The molecule has 4 heteroatoms. The zero-order valence-corrected chi connectivity index (χ0v) is 10.9. The first-order valence-electron chi connectivity index (χ1n) is 6.57. The average Bonchev–Trinajstić information content (AvgIpc) is 3.23. The van der Waals surface area contributed by atoms with E-state index in [-0.39, 0.29) is 19.0 Å². The van der Waals surface area contributed by atoms with Gasteiger partial charge in [-0.2, -0.15) is 0 Å². The van der Waals surface area contributed by atoms with Gasteiger partial charge >= 0.3 is 0 Å². The molecule has 2 rings (SSSR count). The molecule has 102 valence electrons. The molecule has 0 saturated heterocycles. The number of aliphatic hydroxyl groups excluding tert-OH is 1. The molecule has 1 aliphatic carbocycles. The minimum absolute atomic E-state index is 0.150. The van der Waals surface area contributed by atoms with Crippen LogP contribution in [-0.4, -0.2) is 35.7 Å². The standard InChI is InChI=1S/C15H19FN2O/c16-15-6-3-12(10-13(15)2-1-7-17)11-18(8-9-19)14-4-5-14/h3,6,10,14,19H,4-5,7-9,11,17H2. The normalized spacial score (nSPS) is 14.3. The highest BCUT2D eigenvalue weighted by Gasteiger charge is 2.28. The summed E-state index contributed by atoms with van der Waals surface area (Å²) < 4.78 is 13.6. The lowest BCUT2D eigenvalue weighted by molar-refractivity contribution is 0.183. The molecule has 1 aromatic rings. The highest BCUT2D eigenvalue weighted by molar-refractivity contribution is 5.38. The van der Waals surface area contributed by atoms with Crippen molar-refractivity contribution in [3.05, 3.63) is 35.1 Å². The summed E-state index contributed by atoms with van der Waals surface area (Å²) in [5.41, 5.74) is 6.71. The van der Waals surface area contributed by atoms with E-state index in [1.165, 1.54) is 18.9 Å². The van der Waals surface area contributed by atoms with Crippen LogP contribution in [0.15, 0.2) is 18.2 Å². The van der Waals surface area contributed by atoms with Gasteiger partial charge in [0.15, 0.2) is 0 Å². The first-order valence-corrected chi connectivity index (χ1v) is 6.57. The molecule has 1 fully saturated rings. The maximum absolute atomic E-state index is 13.6. The van der Waals surface area contributed by atoms with E-state index in [0.717, 1.165) is 12.1 Å². The summed E-state index contributed by atoms with van der Waals surface area (Å²) in [5.74, 6) is 5.10. The van der Waals surface area contributed by atoms with Crippen molar-refractivity contribution < 1.29 is 9.50 Å². The summed E-state index contributed by atoms with van der Waals surface area (Å²) in [6.45, 7) is 1.76. The Bertz CT molecular complexity index is 489. The van der Waals surface area contributed by atoms with Crippen LogP contribution in [0.4, 0.5) is 4.39 Å². The molecular formula is C15H19FN2O. The van der Waals surface area contributed by atoms with Gasteiger partial charge in [0.1, 0.15) is 5.82 Å². The maximum Gasteiger partial charge on any atom is 0.138 e. The average molecular weight is 262 g/mol. The Morgan fingerprint density at radius 3 is 2.84 bits per heavy atom. The number of benzene rings is 1. The number of hydrogen-bond acceptors (Lipinski definition) is 3. The molecule has 0 radical (unpaired) electrons. The first kappa shape index (κ1) is 14.0. The van der Waals surface area contributed by atoms with Crippen LogP contribution in [0, 0.1) is 17.7 Å². The molecule has 0 amide bonds. The Hall–Kier alpha value is -1.41. The molecule has 3 nitrogen and oxygen atoms in total.